The normalized spacial score (nSPS) is 28.3. The van der Waals surface area contributed by atoms with E-state index < -0.39 is 97.6 Å². The van der Waals surface area contributed by atoms with Crippen molar-refractivity contribution < 1.29 is 85.5 Å². The number of aliphatic hydroxyl groups excluding tert-OH is 3. The minimum Gasteiger partial charge on any atom is -0.387 e. The molecule has 3 aromatic rings. The van der Waals surface area contributed by atoms with E-state index in [1.165, 1.54) is 29.6 Å². The van der Waals surface area contributed by atoms with E-state index in [9.17, 15) is 58.2 Å². The van der Waals surface area contributed by atoms with E-state index in [1.54, 1.807) is 18.3 Å². The summed E-state index contributed by atoms with van der Waals surface area (Å²) < 4.78 is 67.2. The Hall–Kier alpha value is -4.11. The van der Waals surface area contributed by atoms with Crippen LogP contribution in [0, 0.1) is 0 Å². The number of pyridine rings is 1. The summed E-state index contributed by atoms with van der Waals surface area (Å²) in [6.45, 7) is -2.02. The third kappa shape index (κ3) is 11.1. The maximum Gasteiger partial charge on any atom is 0.481 e. The predicted octanol–water partition coefficient (Wildman–Crippen LogP) is -2.39. The average Bonchev–Trinajstić information content (AvgIpc) is 3.79. The number of fused-ring (bicyclic) bond motifs is 1. The van der Waals surface area contributed by atoms with Crippen LogP contribution in [0.2, 0.25) is 0 Å². The summed E-state index contributed by atoms with van der Waals surface area (Å²) in [7, 11) is -16.3. The lowest BCUT2D eigenvalue weighted by Crippen LogP contribution is -2.40. The first-order valence-electron chi connectivity index (χ1n) is 16.0. The molecular weight excluding hydrogens is 831 g/mol. The smallest absolute Gasteiger partial charge is 0.387 e. The van der Waals surface area contributed by atoms with Crippen molar-refractivity contribution in [3.8, 4) is 0 Å². The van der Waals surface area contributed by atoms with Crippen LogP contribution >= 0.6 is 23.5 Å². The summed E-state index contributed by atoms with van der Waals surface area (Å²) >= 11 is 0. The minimum atomic E-state index is -5.52. The number of rotatable bonds is 14. The fraction of sp³-hybridized carbons (Fsp3) is 0.407. The largest absolute Gasteiger partial charge is 0.481 e. The van der Waals surface area contributed by atoms with Gasteiger partial charge in [-0.1, -0.05) is 6.08 Å². The highest BCUT2D eigenvalue weighted by atomic mass is 31.3. The fourth-order valence-electron chi connectivity index (χ4n) is 5.44. The number of nitrogen functional groups attached to an aromatic ring is 1. The van der Waals surface area contributed by atoms with Gasteiger partial charge in [0.15, 0.2) is 23.9 Å². The second-order valence-corrected chi connectivity index (χ2v) is 16.3. The number of phosphoric ester groups is 3. The Morgan fingerprint density at radius 1 is 0.895 bits per heavy atom. The molecule has 0 saturated carbocycles. The van der Waals surface area contributed by atoms with E-state index >= 15 is 0 Å². The SMILES string of the molecule is NC(=O)C1=CN([C@@H]2O[C@H](COP(=O)(O)OP(=O)(O)OC[C@H]3O[C@@H](n4cnc5c(N)ncnc54)[C@H](OP(=O)(O)O)[C@@H]3O)[C@@H](O)[C@H]2O)C=CC1.NC(=O)c1cccnc1. The summed E-state index contributed by atoms with van der Waals surface area (Å²) in [5.74, 6) is -1.23. The lowest BCUT2D eigenvalue weighted by molar-refractivity contribution is -0.115. The van der Waals surface area contributed by atoms with Gasteiger partial charge in [0, 0.05) is 30.4 Å². The van der Waals surface area contributed by atoms with Crippen LogP contribution in [-0.4, -0.2) is 132 Å². The standard InChI is InChI=1S/C21H30N7O17P3.C6H6N2O/c22-17-12-19(25-7-24-17)28(8-26-12)21-16(44-46(33,34)35)14(30)11(43-21)6-41-48(38,39)45-47(36,37)40-5-10-13(29)15(31)20(42-10)27-3-1-2-9(4-27)18(23)32;7-6(9)5-2-1-3-8-4-5/h1,3-4,7-8,10-11,13-16,20-21,29-31H,2,5-6H2,(H2,23,32)(H,36,37)(H,38,39)(H2,22,24,25)(H2,33,34,35);1-4H,(H2,7,9)/t10-,11-,13-,14-,15-,16-,20-,21-;/m1./s1. The number of hydrogen-bond acceptors (Lipinski definition) is 20. The zero-order valence-corrected chi connectivity index (χ0v) is 31.5. The van der Waals surface area contributed by atoms with E-state index in [1.807, 2.05) is 0 Å². The number of carbonyl (C=O) groups is 2. The Labute approximate surface area is 319 Å². The van der Waals surface area contributed by atoms with Gasteiger partial charge in [-0.25, -0.2) is 28.6 Å². The molecule has 10 atom stereocenters. The molecule has 2 amide bonds. The monoisotopic (exact) mass is 867 g/mol. The molecule has 2 fully saturated rings. The topological polar surface area (TPSA) is 420 Å². The van der Waals surface area contributed by atoms with Crippen LogP contribution in [0.25, 0.3) is 11.2 Å². The molecule has 6 rings (SSSR count). The summed E-state index contributed by atoms with van der Waals surface area (Å²) in [5, 5.41) is 31.5. The Morgan fingerprint density at radius 3 is 2.12 bits per heavy atom. The van der Waals surface area contributed by atoms with Crippen LogP contribution in [0.4, 0.5) is 5.82 Å². The molecule has 2 unspecified atom stereocenters. The van der Waals surface area contributed by atoms with Crippen molar-refractivity contribution in [2.75, 3.05) is 18.9 Å². The van der Waals surface area contributed by atoms with Crippen molar-refractivity contribution in [1.29, 1.82) is 0 Å². The number of imidazole rings is 1. The molecule has 2 saturated heterocycles. The van der Waals surface area contributed by atoms with Gasteiger partial charge in [0.2, 0.25) is 11.8 Å². The van der Waals surface area contributed by atoms with Gasteiger partial charge in [-0.15, -0.1) is 0 Å². The maximum absolute atomic E-state index is 12.6. The van der Waals surface area contributed by atoms with Gasteiger partial charge < -0.3 is 66.5 Å². The van der Waals surface area contributed by atoms with Gasteiger partial charge >= 0.3 is 23.5 Å². The highest BCUT2D eigenvalue weighted by Crippen LogP contribution is 2.61. The fourth-order valence-corrected chi connectivity index (χ4v) is 8.08. The summed E-state index contributed by atoms with van der Waals surface area (Å²) in [6.07, 6.45) is -3.45. The molecule has 27 nitrogen and oxygen atoms in total. The van der Waals surface area contributed by atoms with Gasteiger partial charge in [-0.05, 0) is 18.6 Å². The number of anilines is 1. The molecule has 312 valence electrons. The molecule has 6 heterocycles. The second-order valence-electron chi connectivity index (χ2n) is 12.0. The number of nitrogens with zero attached hydrogens (tertiary/aromatic N) is 6. The second kappa shape index (κ2) is 17.8. The first-order chi connectivity index (χ1) is 26.7. The van der Waals surface area contributed by atoms with Crippen molar-refractivity contribution >= 4 is 52.3 Å². The Balaban J connectivity index is 0.000000606. The lowest BCUT2D eigenvalue weighted by atomic mass is 10.1. The third-order valence-electron chi connectivity index (χ3n) is 8.06. The highest BCUT2D eigenvalue weighted by Gasteiger charge is 2.51. The van der Waals surface area contributed by atoms with Crippen LogP contribution < -0.4 is 17.2 Å². The molecule has 30 heteroatoms. The maximum atomic E-state index is 12.6. The summed E-state index contributed by atoms with van der Waals surface area (Å²) in [6, 6.07) is 3.29. The zero-order chi connectivity index (χ0) is 41.9. The number of phosphoric acid groups is 3. The number of aliphatic hydroxyl groups is 3. The van der Waals surface area contributed by atoms with E-state index in [-0.39, 0.29) is 29.0 Å². The van der Waals surface area contributed by atoms with Crippen LogP contribution in [0.5, 0.6) is 0 Å². The van der Waals surface area contributed by atoms with Gasteiger partial charge in [0.1, 0.15) is 48.5 Å². The highest BCUT2D eigenvalue weighted by molar-refractivity contribution is 7.61. The molecule has 0 aromatic carbocycles. The van der Waals surface area contributed by atoms with Crippen molar-refractivity contribution in [2.24, 2.45) is 11.5 Å². The number of aromatic nitrogens is 5. The number of primary amides is 2. The van der Waals surface area contributed by atoms with Crippen molar-refractivity contribution in [3.63, 3.8) is 0 Å². The molecule has 0 spiro atoms. The Morgan fingerprint density at radius 2 is 1.54 bits per heavy atom. The number of ether oxygens (including phenoxy) is 2. The van der Waals surface area contributed by atoms with Crippen molar-refractivity contribution in [2.45, 2.75) is 55.5 Å². The van der Waals surface area contributed by atoms with E-state index in [2.05, 4.69) is 28.8 Å². The van der Waals surface area contributed by atoms with Gasteiger partial charge in [0.05, 0.1) is 25.1 Å². The molecule has 3 aromatic heterocycles. The third-order valence-corrected chi connectivity index (χ3v) is 11.2. The van der Waals surface area contributed by atoms with Gasteiger partial charge in [-0.2, -0.15) is 4.31 Å². The number of nitrogens with two attached hydrogens (primary N) is 3. The van der Waals surface area contributed by atoms with Gasteiger partial charge in [0.25, 0.3) is 0 Å². The molecule has 13 N–H and O–H groups in total. The molecular formula is C27H36N9O18P3. The Kier molecular flexibility index (Phi) is 13.7. The molecule has 0 radical (unpaired) electrons. The first kappa shape index (κ1) is 44.0. The molecule has 57 heavy (non-hydrogen) atoms. The quantitative estimate of drug-likeness (QED) is 0.0756. The van der Waals surface area contributed by atoms with E-state index in [0.717, 1.165) is 17.2 Å². The average molecular weight is 868 g/mol. The van der Waals surface area contributed by atoms with Crippen LogP contribution in [0.15, 0.2) is 61.2 Å². The number of hydrogen-bond donors (Lipinski definition) is 10. The van der Waals surface area contributed by atoms with Gasteiger partial charge in [-0.3, -0.25) is 32.7 Å². The molecule has 3 aliphatic heterocycles. The number of carbonyl (C=O) groups excluding carboxylic acids is 2. The van der Waals surface area contributed by atoms with Crippen LogP contribution in [-0.2, 0) is 45.8 Å². The van der Waals surface area contributed by atoms with Crippen LogP contribution in [0.1, 0.15) is 23.0 Å². The first-order valence-corrected chi connectivity index (χ1v) is 20.5. The molecule has 3 aliphatic rings. The zero-order valence-electron chi connectivity index (χ0n) is 28.8. The molecule has 0 bridgehead atoms. The van der Waals surface area contributed by atoms with Crippen molar-refractivity contribution in [3.05, 3.63) is 66.8 Å². The minimum absolute atomic E-state index is 0.00424. The van der Waals surface area contributed by atoms with E-state index in [4.69, 9.17) is 35.7 Å². The lowest BCUT2D eigenvalue weighted by Gasteiger charge is -2.28. The predicted molar refractivity (Wildman–Crippen MR) is 186 cm³/mol. The summed E-state index contributed by atoms with van der Waals surface area (Å²) in [5.41, 5.74) is 16.6. The number of amides is 2. The van der Waals surface area contributed by atoms with Crippen LogP contribution in [0.3, 0.4) is 0 Å². The molecule has 0 aliphatic carbocycles. The van der Waals surface area contributed by atoms with Crippen molar-refractivity contribution in [1.82, 2.24) is 29.4 Å². The van der Waals surface area contributed by atoms with E-state index in [0.29, 0.717) is 5.56 Å². The Bertz CT molecular complexity index is 2140. The summed E-state index contributed by atoms with van der Waals surface area (Å²) in [4.78, 5) is 77.5. The number of allylic oxidation sites excluding steroid dienone is 1.